The highest BCUT2D eigenvalue weighted by Crippen LogP contribution is 2.31. The number of hydrogen-bond donors (Lipinski definition) is 0. The highest BCUT2D eigenvalue weighted by atomic mass is 35.5. The molecule has 0 unspecified atom stereocenters. The second-order valence-corrected chi connectivity index (χ2v) is 8.18. The summed E-state index contributed by atoms with van der Waals surface area (Å²) in [5.74, 6) is 0.162. The number of thiazole rings is 1. The van der Waals surface area contributed by atoms with Crippen molar-refractivity contribution in [3.63, 3.8) is 0 Å². The van der Waals surface area contributed by atoms with Crippen LogP contribution in [0.25, 0.3) is 10.2 Å². The minimum absolute atomic E-state index is 0.00217. The van der Waals surface area contributed by atoms with Gasteiger partial charge in [0, 0.05) is 30.2 Å². The van der Waals surface area contributed by atoms with Crippen molar-refractivity contribution in [2.24, 2.45) is 0 Å². The molecule has 1 saturated heterocycles. The van der Waals surface area contributed by atoms with Gasteiger partial charge in [-0.3, -0.25) is 14.5 Å². The Morgan fingerprint density at radius 1 is 1.25 bits per heavy atom. The Morgan fingerprint density at radius 2 is 2.04 bits per heavy atom. The normalized spacial score (nSPS) is 14.1. The molecule has 3 aromatic rings. The van der Waals surface area contributed by atoms with Crippen molar-refractivity contribution in [1.29, 1.82) is 0 Å². The first-order valence-corrected chi connectivity index (χ1v) is 10.5. The number of fused-ring (bicyclic) bond motifs is 1. The van der Waals surface area contributed by atoms with Crippen LogP contribution in [-0.2, 0) is 16.0 Å². The first-order valence-electron chi connectivity index (χ1n) is 9.31. The number of carbonyl (C=O) groups is 2. The number of likely N-dealkylation sites (N-methyl/N-ethyl adjacent to an activating group) is 1. The molecule has 1 aromatic heterocycles. The van der Waals surface area contributed by atoms with Crippen molar-refractivity contribution in [2.75, 3.05) is 22.9 Å². The lowest BCUT2D eigenvalue weighted by atomic mass is 10.1. The van der Waals surface area contributed by atoms with Crippen LogP contribution in [0.5, 0.6) is 0 Å². The lowest BCUT2D eigenvalue weighted by molar-refractivity contribution is -0.118. The molecule has 7 heteroatoms. The highest BCUT2D eigenvalue weighted by Gasteiger charge is 2.22. The number of hydrogen-bond acceptors (Lipinski definition) is 4. The molecule has 2 heterocycles. The van der Waals surface area contributed by atoms with Gasteiger partial charge in [-0.25, -0.2) is 4.98 Å². The Balaban J connectivity index is 1.50. The maximum Gasteiger partial charge on any atom is 0.233 e. The van der Waals surface area contributed by atoms with Crippen molar-refractivity contribution in [2.45, 2.75) is 26.2 Å². The molecule has 0 radical (unpaired) electrons. The smallest absolute Gasteiger partial charge is 0.233 e. The van der Waals surface area contributed by atoms with E-state index in [1.165, 1.54) is 11.3 Å². The van der Waals surface area contributed by atoms with E-state index in [0.717, 1.165) is 34.4 Å². The van der Waals surface area contributed by atoms with Crippen LogP contribution in [0, 0.1) is 0 Å². The van der Waals surface area contributed by atoms with Gasteiger partial charge >= 0.3 is 0 Å². The fraction of sp³-hybridized carbons (Fsp3) is 0.286. The summed E-state index contributed by atoms with van der Waals surface area (Å²) in [5.41, 5.74) is 2.62. The van der Waals surface area contributed by atoms with Gasteiger partial charge in [-0.1, -0.05) is 35.1 Å². The SMILES string of the molecule is CCN(C(=O)Cc1ccc(N2CCCC2=O)cc1)c1nc2cc(Cl)ccc2s1. The summed E-state index contributed by atoms with van der Waals surface area (Å²) in [6, 6.07) is 13.2. The summed E-state index contributed by atoms with van der Waals surface area (Å²) in [7, 11) is 0. The molecule has 0 bridgehead atoms. The average Bonchev–Trinajstić information content (AvgIpc) is 3.28. The number of nitrogens with zero attached hydrogens (tertiary/aromatic N) is 3. The molecule has 0 aliphatic carbocycles. The maximum absolute atomic E-state index is 12.9. The number of halogens is 1. The molecule has 1 fully saturated rings. The van der Waals surface area contributed by atoms with Crippen LogP contribution in [-0.4, -0.2) is 29.9 Å². The molecule has 2 amide bonds. The zero-order chi connectivity index (χ0) is 19.7. The number of aromatic nitrogens is 1. The van der Waals surface area contributed by atoms with Crippen molar-refractivity contribution >= 4 is 55.8 Å². The third-order valence-electron chi connectivity index (χ3n) is 4.86. The number of carbonyl (C=O) groups excluding carboxylic acids is 2. The molecule has 4 rings (SSSR count). The van der Waals surface area contributed by atoms with Gasteiger partial charge in [0.25, 0.3) is 0 Å². The van der Waals surface area contributed by atoms with E-state index in [4.69, 9.17) is 11.6 Å². The lowest BCUT2D eigenvalue weighted by Crippen LogP contribution is -2.31. The minimum Gasteiger partial charge on any atom is -0.312 e. The summed E-state index contributed by atoms with van der Waals surface area (Å²) in [5, 5.41) is 1.32. The van der Waals surface area contributed by atoms with Crippen molar-refractivity contribution in [3.05, 3.63) is 53.1 Å². The molecule has 144 valence electrons. The summed E-state index contributed by atoms with van der Waals surface area (Å²) >= 11 is 7.53. The molecule has 2 aromatic carbocycles. The molecule has 1 aliphatic rings. The standard InChI is InChI=1S/C21H20ClN3O2S/c1-2-24(21-23-17-13-15(22)7-10-18(17)28-21)20(27)12-14-5-8-16(9-6-14)25-11-3-4-19(25)26/h5-10,13H,2-4,11-12H2,1H3. The van der Waals surface area contributed by atoms with E-state index in [9.17, 15) is 9.59 Å². The summed E-state index contributed by atoms with van der Waals surface area (Å²) in [6.45, 7) is 3.26. The average molecular weight is 414 g/mol. The Hall–Kier alpha value is -2.44. The van der Waals surface area contributed by atoms with Gasteiger partial charge in [-0.15, -0.1) is 0 Å². The fourth-order valence-corrected chi connectivity index (χ4v) is 4.60. The van der Waals surface area contributed by atoms with Gasteiger partial charge in [0.2, 0.25) is 11.8 Å². The summed E-state index contributed by atoms with van der Waals surface area (Å²) < 4.78 is 1.00. The summed E-state index contributed by atoms with van der Waals surface area (Å²) in [6.07, 6.45) is 1.80. The van der Waals surface area contributed by atoms with Crippen LogP contribution in [0.2, 0.25) is 5.02 Å². The highest BCUT2D eigenvalue weighted by molar-refractivity contribution is 7.22. The van der Waals surface area contributed by atoms with Crippen molar-refractivity contribution in [3.8, 4) is 0 Å². The lowest BCUT2D eigenvalue weighted by Gasteiger charge is -2.18. The Labute approximate surface area is 172 Å². The van der Waals surface area contributed by atoms with E-state index in [0.29, 0.717) is 29.5 Å². The van der Waals surface area contributed by atoms with Gasteiger partial charge < -0.3 is 4.90 Å². The monoisotopic (exact) mass is 413 g/mol. The largest absolute Gasteiger partial charge is 0.312 e. The maximum atomic E-state index is 12.9. The van der Waals surface area contributed by atoms with Gasteiger partial charge in [0.15, 0.2) is 5.13 Å². The van der Waals surface area contributed by atoms with Crippen LogP contribution in [0.1, 0.15) is 25.3 Å². The third kappa shape index (κ3) is 3.75. The number of amides is 2. The Kier molecular flexibility index (Phi) is 5.33. The van der Waals surface area contributed by atoms with E-state index >= 15 is 0 Å². The zero-order valence-corrected chi connectivity index (χ0v) is 17.1. The number of anilines is 2. The second kappa shape index (κ2) is 7.89. The second-order valence-electron chi connectivity index (χ2n) is 6.74. The quantitative estimate of drug-likeness (QED) is 0.610. The van der Waals surface area contributed by atoms with Crippen LogP contribution >= 0.6 is 22.9 Å². The van der Waals surface area contributed by atoms with Gasteiger partial charge in [0.05, 0.1) is 16.6 Å². The molecular formula is C21H20ClN3O2S. The number of benzene rings is 2. The molecule has 0 saturated carbocycles. The van der Waals surface area contributed by atoms with Crippen LogP contribution in [0.15, 0.2) is 42.5 Å². The summed E-state index contributed by atoms with van der Waals surface area (Å²) in [4.78, 5) is 32.8. The fourth-order valence-electron chi connectivity index (χ4n) is 3.41. The molecule has 0 atom stereocenters. The topological polar surface area (TPSA) is 53.5 Å². The van der Waals surface area contributed by atoms with E-state index in [2.05, 4.69) is 4.98 Å². The predicted octanol–water partition coefficient (Wildman–Crippen LogP) is 4.67. The Morgan fingerprint density at radius 3 is 2.71 bits per heavy atom. The predicted molar refractivity (Wildman–Crippen MR) is 114 cm³/mol. The van der Waals surface area contributed by atoms with Crippen LogP contribution in [0.3, 0.4) is 0 Å². The first-order chi connectivity index (χ1) is 13.5. The van der Waals surface area contributed by atoms with Gasteiger partial charge in [0.1, 0.15) is 0 Å². The van der Waals surface area contributed by atoms with Gasteiger partial charge in [-0.2, -0.15) is 0 Å². The van der Waals surface area contributed by atoms with E-state index in [1.807, 2.05) is 49.4 Å². The van der Waals surface area contributed by atoms with Crippen LogP contribution in [0.4, 0.5) is 10.8 Å². The van der Waals surface area contributed by atoms with Crippen LogP contribution < -0.4 is 9.80 Å². The molecule has 28 heavy (non-hydrogen) atoms. The van der Waals surface area contributed by atoms with E-state index in [-0.39, 0.29) is 11.8 Å². The molecule has 0 spiro atoms. The third-order valence-corrected chi connectivity index (χ3v) is 6.16. The molecule has 5 nitrogen and oxygen atoms in total. The van der Waals surface area contributed by atoms with Crippen molar-refractivity contribution in [1.82, 2.24) is 4.98 Å². The number of rotatable bonds is 5. The molecule has 0 N–H and O–H groups in total. The van der Waals surface area contributed by atoms with Gasteiger partial charge in [-0.05, 0) is 49.2 Å². The first kappa shape index (κ1) is 18.9. The Bertz CT molecular complexity index is 1030. The minimum atomic E-state index is -0.00217. The van der Waals surface area contributed by atoms with E-state index in [1.54, 1.807) is 9.80 Å². The molecular weight excluding hydrogens is 394 g/mol. The van der Waals surface area contributed by atoms with E-state index < -0.39 is 0 Å². The zero-order valence-electron chi connectivity index (χ0n) is 15.5. The van der Waals surface area contributed by atoms with Crippen molar-refractivity contribution < 1.29 is 9.59 Å². The molecule has 1 aliphatic heterocycles.